The summed E-state index contributed by atoms with van der Waals surface area (Å²) in [5.74, 6) is 1.34. The summed E-state index contributed by atoms with van der Waals surface area (Å²) in [5.41, 5.74) is 0. The number of rotatable bonds is 37. The second kappa shape index (κ2) is 38.7. The zero-order valence-electron chi connectivity index (χ0n) is 32.1. The van der Waals surface area contributed by atoms with Crippen LogP contribution in [0.15, 0.2) is 36.7 Å². The van der Waals surface area contributed by atoms with E-state index in [0.29, 0.717) is 6.54 Å². The van der Waals surface area contributed by atoms with Crippen molar-refractivity contribution in [2.45, 2.75) is 213 Å². The Bertz CT molecular complexity index is 822. The molecule has 1 rings (SSSR count). The van der Waals surface area contributed by atoms with Crippen molar-refractivity contribution >= 4 is 0 Å². The Kier molecular flexibility index (Phi) is 37.8. The number of halogens is 1. The highest BCUT2D eigenvalue weighted by Gasteiger charge is 2.16. The first-order chi connectivity index (χ1) is 23.3. The SMILES string of the molecule is CCCCCCCC/C=C\CCCCCCCCOCCn1cc[n+](CCO)c1CCCCCCCC/C=C\CCCCCCCC.[Cl-]. The van der Waals surface area contributed by atoms with Crippen LogP contribution in [0.2, 0.25) is 0 Å². The van der Waals surface area contributed by atoms with E-state index in [1.54, 1.807) is 0 Å². The number of imidazole rings is 1. The van der Waals surface area contributed by atoms with Crippen LogP contribution in [0.3, 0.4) is 0 Å². The highest BCUT2D eigenvalue weighted by Crippen LogP contribution is 2.13. The van der Waals surface area contributed by atoms with Crippen molar-refractivity contribution in [1.82, 2.24) is 4.57 Å². The molecule has 1 heterocycles. The normalized spacial score (nSPS) is 11.7. The number of unbranched alkanes of at least 4 members (excludes halogenated alkanes) is 24. The number of ether oxygens (including phenoxy) is 1. The van der Waals surface area contributed by atoms with Crippen LogP contribution in [0.1, 0.15) is 199 Å². The summed E-state index contributed by atoms with van der Waals surface area (Å²) in [7, 11) is 0. The maximum Gasteiger partial charge on any atom is 0.256 e. The predicted octanol–water partition coefficient (Wildman–Crippen LogP) is 9.41. The van der Waals surface area contributed by atoms with E-state index < -0.39 is 0 Å². The molecule has 0 spiro atoms. The molecule has 0 fully saturated rings. The fourth-order valence-corrected chi connectivity index (χ4v) is 6.55. The maximum absolute atomic E-state index is 9.55. The summed E-state index contributed by atoms with van der Waals surface area (Å²) in [4.78, 5) is 0. The van der Waals surface area contributed by atoms with E-state index >= 15 is 0 Å². The summed E-state index contributed by atoms with van der Waals surface area (Å²) >= 11 is 0. The Labute approximate surface area is 306 Å². The smallest absolute Gasteiger partial charge is 0.256 e. The van der Waals surface area contributed by atoms with E-state index in [0.717, 1.165) is 26.2 Å². The number of aromatic nitrogens is 2. The molecule has 0 radical (unpaired) electrons. The molecule has 1 aromatic heterocycles. The van der Waals surface area contributed by atoms with Crippen LogP contribution >= 0.6 is 0 Å². The topological polar surface area (TPSA) is 38.3 Å². The highest BCUT2D eigenvalue weighted by molar-refractivity contribution is 4.85. The van der Waals surface area contributed by atoms with Gasteiger partial charge in [0.25, 0.3) is 5.82 Å². The quantitative estimate of drug-likeness (QED) is 0.0429. The second-order valence-corrected chi connectivity index (χ2v) is 14.1. The summed E-state index contributed by atoms with van der Waals surface area (Å²) in [6.45, 7) is 8.02. The Morgan fingerprint density at radius 2 is 0.979 bits per heavy atom. The van der Waals surface area contributed by atoms with E-state index in [2.05, 4.69) is 59.7 Å². The van der Waals surface area contributed by atoms with Gasteiger partial charge >= 0.3 is 0 Å². The van der Waals surface area contributed by atoms with Gasteiger partial charge in [-0.3, -0.25) is 0 Å². The zero-order chi connectivity index (χ0) is 33.7. The average Bonchev–Trinajstić information content (AvgIpc) is 3.46. The van der Waals surface area contributed by atoms with Gasteiger partial charge in [-0.2, -0.15) is 0 Å². The van der Waals surface area contributed by atoms with Gasteiger partial charge in [-0.15, -0.1) is 0 Å². The number of aliphatic hydroxyl groups is 1. The van der Waals surface area contributed by atoms with Crippen molar-refractivity contribution in [3.63, 3.8) is 0 Å². The lowest BCUT2D eigenvalue weighted by Gasteiger charge is -2.07. The van der Waals surface area contributed by atoms with E-state index in [4.69, 9.17) is 4.74 Å². The summed E-state index contributed by atoms with van der Waals surface area (Å²) in [6.07, 6.45) is 52.6. The van der Waals surface area contributed by atoms with Crippen molar-refractivity contribution in [3.8, 4) is 0 Å². The first-order valence-corrected chi connectivity index (χ1v) is 20.9. The van der Waals surface area contributed by atoms with Crippen molar-refractivity contribution in [3.05, 3.63) is 42.5 Å². The minimum Gasteiger partial charge on any atom is -1.00 e. The van der Waals surface area contributed by atoms with Crippen LogP contribution in [0.4, 0.5) is 0 Å². The van der Waals surface area contributed by atoms with Crippen molar-refractivity contribution in [2.24, 2.45) is 0 Å². The number of hydrogen-bond acceptors (Lipinski definition) is 2. The van der Waals surface area contributed by atoms with E-state index in [-0.39, 0.29) is 19.0 Å². The molecule has 0 saturated heterocycles. The highest BCUT2D eigenvalue weighted by atomic mass is 35.5. The summed E-state index contributed by atoms with van der Waals surface area (Å²) in [6, 6.07) is 0. The summed E-state index contributed by atoms with van der Waals surface area (Å²) < 4.78 is 10.6. The summed E-state index contributed by atoms with van der Waals surface area (Å²) in [5, 5.41) is 9.55. The number of aliphatic hydroxyl groups excluding tert-OH is 1. The molecular formula is C43H81ClN2O2. The third-order valence-electron chi connectivity index (χ3n) is 9.62. The van der Waals surface area contributed by atoms with Gasteiger partial charge in [0.05, 0.1) is 13.2 Å². The predicted molar refractivity (Wildman–Crippen MR) is 205 cm³/mol. The van der Waals surface area contributed by atoms with Gasteiger partial charge in [0.1, 0.15) is 25.5 Å². The Balaban J connectivity index is 0.0000221. The molecule has 0 unspecified atom stereocenters. The zero-order valence-corrected chi connectivity index (χ0v) is 32.9. The van der Waals surface area contributed by atoms with Crippen LogP contribution in [-0.4, -0.2) is 29.5 Å². The van der Waals surface area contributed by atoms with E-state index in [1.165, 1.54) is 186 Å². The van der Waals surface area contributed by atoms with Crippen molar-refractivity contribution < 1.29 is 26.8 Å². The molecule has 0 aliphatic rings. The molecule has 0 aromatic carbocycles. The van der Waals surface area contributed by atoms with Gasteiger partial charge in [0, 0.05) is 13.0 Å². The molecule has 5 heteroatoms. The van der Waals surface area contributed by atoms with Crippen LogP contribution in [0.5, 0.6) is 0 Å². The van der Waals surface area contributed by atoms with Gasteiger partial charge in [-0.1, -0.05) is 154 Å². The molecule has 0 atom stereocenters. The van der Waals surface area contributed by atoms with Gasteiger partial charge in [0.2, 0.25) is 0 Å². The molecule has 1 N–H and O–H groups in total. The molecule has 282 valence electrons. The number of hydrogen-bond donors (Lipinski definition) is 1. The minimum atomic E-state index is 0. The van der Waals surface area contributed by atoms with Crippen LogP contribution in [0, 0.1) is 0 Å². The molecule has 0 saturated carbocycles. The average molecular weight is 694 g/mol. The van der Waals surface area contributed by atoms with Gasteiger partial charge in [0.15, 0.2) is 0 Å². The number of nitrogens with zero attached hydrogens (tertiary/aromatic N) is 2. The fraction of sp³-hybridized carbons (Fsp3) is 0.837. The van der Waals surface area contributed by atoms with Crippen LogP contribution in [-0.2, 0) is 24.2 Å². The molecule has 0 aliphatic heterocycles. The molecule has 1 aromatic rings. The standard InChI is InChI=1S/C43H81N2O2.ClH/c1-3-5-7-9-11-13-15-17-19-21-23-25-27-29-31-33-35-43-44(38-40-46)36-37-45(43)39-42-47-41-34-32-30-28-26-24-22-20-18-16-14-12-10-8-6-4-2;/h17-20,36-37,46H,3-16,21-35,38-42H2,1-2H3;1H/q+1;/p-1/b19-17-,20-18-;. The van der Waals surface area contributed by atoms with E-state index in [9.17, 15) is 5.11 Å². The third-order valence-corrected chi connectivity index (χ3v) is 9.62. The van der Waals surface area contributed by atoms with Gasteiger partial charge < -0.3 is 22.3 Å². The molecule has 48 heavy (non-hydrogen) atoms. The lowest BCUT2D eigenvalue weighted by molar-refractivity contribution is -0.705. The molecule has 4 nitrogen and oxygen atoms in total. The maximum atomic E-state index is 9.55. The fourth-order valence-electron chi connectivity index (χ4n) is 6.55. The van der Waals surface area contributed by atoms with Gasteiger partial charge in [-0.25, -0.2) is 9.13 Å². The van der Waals surface area contributed by atoms with E-state index in [1.807, 2.05) is 0 Å². The Hall–Kier alpha value is -1.10. The first kappa shape index (κ1) is 46.9. The Morgan fingerprint density at radius 1 is 0.562 bits per heavy atom. The lowest BCUT2D eigenvalue weighted by Crippen LogP contribution is -3.00. The molecule has 0 amide bonds. The monoisotopic (exact) mass is 693 g/mol. The number of allylic oxidation sites excluding steroid dienone is 4. The Morgan fingerprint density at radius 3 is 1.44 bits per heavy atom. The second-order valence-electron chi connectivity index (χ2n) is 14.1. The molecular weight excluding hydrogens is 612 g/mol. The van der Waals surface area contributed by atoms with Crippen LogP contribution < -0.4 is 17.0 Å². The minimum absolute atomic E-state index is 0. The molecule has 0 bridgehead atoms. The van der Waals surface area contributed by atoms with Crippen LogP contribution in [0.25, 0.3) is 0 Å². The largest absolute Gasteiger partial charge is 1.00 e. The van der Waals surface area contributed by atoms with Gasteiger partial charge in [-0.05, 0) is 64.2 Å². The van der Waals surface area contributed by atoms with Crippen molar-refractivity contribution in [1.29, 1.82) is 0 Å². The van der Waals surface area contributed by atoms with Crippen molar-refractivity contribution in [2.75, 3.05) is 19.8 Å². The first-order valence-electron chi connectivity index (χ1n) is 20.9. The molecule has 0 aliphatic carbocycles. The third kappa shape index (κ3) is 29.8. The lowest BCUT2D eigenvalue weighted by atomic mass is 10.1.